The molecule has 0 fully saturated rings. The second-order valence-electron chi connectivity index (χ2n) is 16.1. The van der Waals surface area contributed by atoms with Crippen molar-refractivity contribution in [3.63, 3.8) is 0 Å². The standard InChI is InChI=1S/C44H84NO8P/c1-6-8-10-12-14-16-18-20-22-24-26-28-30-32-34-36-43(46)50-40-42(41-52-54(48,49)51-39-38-45(3,4)5)53-44(47)37-35-33-31-29-27-25-23-21-19-17-15-13-11-9-7-2/h12-15,42H,6-11,16-41H2,1-5H3/b14-12+,15-13+. The van der Waals surface area contributed by atoms with Gasteiger partial charge in [-0.1, -0.05) is 154 Å². The van der Waals surface area contributed by atoms with E-state index < -0.39 is 26.5 Å². The highest BCUT2D eigenvalue weighted by molar-refractivity contribution is 7.45. The van der Waals surface area contributed by atoms with E-state index >= 15 is 0 Å². The fourth-order valence-corrected chi connectivity index (χ4v) is 6.64. The van der Waals surface area contributed by atoms with Gasteiger partial charge >= 0.3 is 11.9 Å². The van der Waals surface area contributed by atoms with Crippen LogP contribution >= 0.6 is 7.82 Å². The molecule has 2 unspecified atom stereocenters. The van der Waals surface area contributed by atoms with Gasteiger partial charge in [0.05, 0.1) is 27.7 Å². The Labute approximate surface area is 332 Å². The van der Waals surface area contributed by atoms with Crippen LogP contribution in [0.2, 0.25) is 0 Å². The molecule has 0 aliphatic rings. The minimum atomic E-state index is -4.62. The third-order valence-corrected chi connectivity index (χ3v) is 10.4. The third-order valence-electron chi connectivity index (χ3n) is 9.44. The van der Waals surface area contributed by atoms with E-state index in [0.717, 1.165) is 38.5 Å². The van der Waals surface area contributed by atoms with Crippen molar-refractivity contribution in [1.29, 1.82) is 0 Å². The Bertz CT molecular complexity index is 980. The first-order chi connectivity index (χ1) is 26.0. The van der Waals surface area contributed by atoms with Gasteiger partial charge in [0.15, 0.2) is 6.10 Å². The van der Waals surface area contributed by atoms with Gasteiger partial charge in [0.2, 0.25) is 0 Å². The lowest BCUT2D eigenvalue weighted by atomic mass is 10.1. The zero-order valence-electron chi connectivity index (χ0n) is 35.7. The Morgan fingerprint density at radius 2 is 0.944 bits per heavy atom. The molecule has 0 radical (unpaired) electrons. The Hall–Kier alpha value is -1.51. The number of esters is 2. The summed E-state index contributed by atoms with van der Waals surface area (Å²) in [6.07, 6.45) is 39.1. The highest BCUT2D eigenvalue weighted by Crippen LogP contribution is 2.38. The smallest absolute Gasteiger partial charge is 0.306 e. The van der Waals surface area contributed by atoms with Crippen molar-refractivity contribution in [2.75, 3.05) is 47.5 Å². The topological polar surface area (TPSA) is 111 Å². The fourth-order valence-electron chi connectivity index (χ4n) is 5.91. The maximum absolute atomic E-state index is 12.7. The highest BCUT2D eigenvalue weighted by Gasteiger charge is 2.21. The van der Waals surface area contributed by atoms with Crippen molar-refractivity contribution in [2.45, 2.75) is 200 Å². The van der Waals surface area contributed by atoms with Crippen LogP contribution < -0.4 is 4.89 Å². The summed E-state index contributed by atoms with van der Waals surface area (Å²) in [6, 6.07) is 0. The summed E-state index contributed by atoms with van der Waals surface area (Å²) in [7, 11) is 1.17. The first-order valence-corrected chi connectivity index (χ1v) is 23.5. The van der Waals surface area contributed by atoms with E-state index in [4.69, 9.17) is 18.5 Å². The van der Waals surface area contributed by atoms with Gasteiger partial charge < -0.3 is 27.9 Å². The minimum Gasteiger partial charge on any atom is -0.756 e. The lowest BCUT2D eigenvalue weighted by Crippen LogP contribution is -2.37. The Balaban J connectivity index is 4.34. The van der Waals surface area contributed by atoms with Crippen LogP contribution in [0.4, 0.5) is 0 Å². The van der Waals surface area contributed by atoms with E-state index in [9.17, 15) is 19.0 Å². The quantitative estimate of drug-likeness (QED) is 0.0198. The largest absolute Gasteiger partial charge is 0.756 e. The van der Waals surface area contributed by atoms with E-state index in [1.807, 2.05) is 21.1 Å². The van der Waals surface area contributed by atoms with Gasteiger partial charge in [0.1, 0.15) is 19.8 Å². The van der Waals surface area contributed by atoms with Crippen LogP contribution in [-0.2, 0) is 32.7 Å². The molecule has 0 amide bonds. The summed E-state index contributed by atoms with van der Waals surface area (Å²) in [4.78, 5) is 37.5. The Morgan fingerprint density at radius 1 is 0.556 bits per heavy atom. The maximum atomic E-state index is 12.7. The summed E-state index contributed by atoms with van der Waals surface area (Å²) in [5, 5.41) is 0. The number of carbonyl (C=O) groups excluding carboxylic acids is 2. The first kappa shape index (κ1) is 52.5. The molecule has 0 spiro atoms. The molecule has 0 saturated carbocycles. The molecule has 0 N–H and O–H groups in total. The molecule has 0 aromatic heterocycles. The van der Waals surface area contributed by atoms with E-state index in [1.165, 1.54) is 122 Å². The van der Waals surface area contributed by atoms with E-state index in [0.29, 0.717) is 17.4 Å². The lowest BCUT2D eigenvalue weighted by Gasteiger charge is -2.28. The number of hydrogen-bond donors (Lipinski definition) is 0. The molecule has 0 aliphatic heterocycles. The predicted molar refractivity (Wildman–Crippen MR) is 222 cm³/mol. The molecule has 0 aromatic carbocycles. The molecule has 0 heterocycles. The van der Waals surface area contributed by atoms with Gasteiger partial charge in [-0.05, 0) is 51.4 Å². The second-order valence-corrected chi connectivity index (χ2v) is 17.5. The molecule has 0 aliphatic carbocycles. The molecule has 0 saturated heterocycles. The predicted octanol–water partition coefficient (Wildman–Crippen LogP) is 11.7. The average molecular weight is 786 g/mol. The van der Waals surface area contributed by atoms with Gasteiger partial charge in [0, 0.05) is 12.8 Å². The van der Waals surface area contributed by atoms with Crippen LogP contribution in [-0.4, -0.2) is 70.0 Å². The second kappa shape index (κ2) is 37.1. The van der Waals surface area contributed by atoms with Crippen LogP contribution in [0, 0.1) is 0 Å². The molecule has 2 atom stereocenters. The number of phosphoric acid groups is 1. The number of unbranched alkanes of at least 4 members (excludes halogenated alkanes) is 22. The summed E-state index contributed by atoms with van der Waals surface area (Å²) in [6.45, 7) is 4.17. The van der Waals surface area contributed by atoms with E-state index in [2.05, 4.69) is 38.2 Å². The van der Waals surface area contributed by atoms with Gasteiger partial charge in [-0.3, -0.25) is 14.2 Å². The third kappa shape index (κ3) is 40.2. The number of ether oxygens (including phenoxy) is 2. The van der Waals surface area contributed by atoms with Crippen molar-refractivity contribution in [3.05, 3.63) is 24.3 Å². The molecule has 54 heavy (non-hydrogen) atoms. The van der Waals surface area contributed by atoms with Crippen LogP contribution in [0.25, 0.3) is 0 Å². The van der Waals surface area contributed by atoms with Crippen molar-refractivity contribution in [1.82, 2.24) is 0 Å². The van der Waals surface area contributed by atoms with Crippen molar-refractivity contribution in [2.24, 2.45) is 0 Å². The SMILES string of the molecule is CCCC/C=C/CCCCCCCCCCCC(=O)OCC(COP(=O)([O-])OCC[N+](C)(C)C)OC(=O)CCCCCCCCCCC/C=C/CCCC. The molecule has 10 heteroatoms. The number of quaternary nitrogens is 1. The molecule has 318 valence electrons. The van der Waals surface area contributed by atoms with Gasteiger partial charge in [-0.15, -0.1) is 0 Å². The Morgan fingerprint density at radius 3 is 1.37 bits per heavy atom. The fraction of sp³-hybridized carbons (Fsp3) is 0.864. The number of rotatable bonds is 40. The lowest BCUT2D eigenvalue weighted by molar-refractivity contribution is -0.870. The number of hydrogen-bond acceptors (Lipinski definition) is 8. The number of nitrogens with zero attached hydrogens (tertiary/aromatic N) is 1. The van der Waals surface area contributed by atoms with Crippen molar-refractivity contribution in [3.8, 4) is 0 Å². The molecule has 0 rings (SSSR count). The molecule has 9 nitrogen and oxygen atoms in total. The Kier molecular flexibility index (Phi) is 36.1. The summed E-state index contributed by atoms with van der Waals surface area (Å²) in [5.74, 6) is -0.835. The summed E-state index contributed by atoms with van der Waals surface area (Å²) in [5.41, 5.74) is 0. The zero-order chi connectivity index (χ0) is 40.0. The number of allylic oxidation sites excluding steroid dienone is 4. The minimum absolute atomic E-state index is 0.0302. The average Bonchev–Trinajstić information content (AvgIpc) is 3.12. The monoisotopic (exact) mass is 786 g/mol. The molecular formula is C44H84NO8P. The van der Waals surface area contributed by atoms with Crippen LogP contribution in [0.3, 0.4) is 0 Å². The van der Waals surface area contributed by atoms with Crippen LogP contribution in [0.15, 0.2) is 24.3 Å². The summed E-state index contributed by atoms with van der Waals surface area (Å²) >= 11 is 0. The molecule has 0 aromatic rings. The number of phosphoric ester groups is 1. The zero-order valence-corrected chi connectivity index (χ0v) is 36.6. The first-order valence-electron chi connectivity index (χ1n) is 22.0. The molecular weight excluding hydrogens is 701 g/mol. The van der Waals surface area contributed by atoms with Crippen LogP contribution in [0.1, 0.15) is 194 Å². The van der Waals surface area contributed by atoms with E-state index in [1.54, 1.807) is 0 Å². The highest BCUT2D eigenvalue weighted by atomic mass is 31.2. The van der Waals surface area contributed by atoms with Crippen molar-refractivity contribution >= 4 is 19.8 Å². The number of likely N-dealkylation sites (N-methyl/N-ethyl adjacent to an activating group) is 1. The van der Waals surface area contributed by atoms with Gasteiger partial charge in [0.25, 0.3) is 7.82 Å². The van der Waals surface area contributed by atoms with Gasteiger partial charge in [-0.25, -0.2) is 0 Å². The van der Waals surface area contributed by atoms with Crippen LogP contribution in [0.5, 0.6) is 0 Å². The van der Waals surface area contributed by atoms with Crippen molar-refractivity contribution < 1.29 is 42.1 Å². The van der Waals surface area contributed by atoms with E-state index in [-0.39, 0.29) is 32.0 Å². The van der Waals surface area contributed by atoms with Gasteiger partial charge in [-0.2, -0.15) is 0 Å². The maximum Gasteiger partial charge on any atom is 0.306 e. The number of carbonyl (C=O) groups is 2. The summed E-state index contributed by atoms with van der Waals surface area (Å²) < 4.78 is 33.9. The normalized spacial score (nSPS) is 13.8. The molecule has 0 bridgehead atoms.